The van der Waals surface area contributed by atoms with Gasteiger partial charge in [-0.2, -0.15) is 0 Å². The maximum Gasteiger partial charge on any atom is 0.164 e. The van der Waals surface area contributed by atoms with Gasteiger partial charge in [0.1, 0.15) is 17.2 Å². The molecule has 2 N–H and O–H groups in total. The van der Waals surface area contributed by atoms with Crippen molar-refractivity contribution < 1.29 is 29.2 Å². The van der Waals surface area contributed by atoms with Crippen LogP contribution in [0.1, 0.15) is 109 Å². The molecule has 0 bridgehead atoms. The first-order valence-electron chi connectivity index (χ1n) is 18.8. The molecule has 0 saturated carbocycles. The summed E-state index contributed by atoms with van der Waals surface area (Å²) in [7, 11) is 0. The molecule has 10 heteroatoms. The van der Waals surface area contributed by atoms with Crippen LogP contribution in [0.5, 0.6) is 23.0 Å². The molecule has 2 heterocycles. The van der Waals surface area contributed by atoms with Gasteiger partial charge in [0.05, 0.1) is 45.7 Å². The van der Waals surface area contributed by atoms with Crippen LogP contribution in [-0.2, 0) is 4.74 Å². The van der Waals surface area contributed by atoms with E-state index >= 15 is 0 Å². The minimum atomic E-state index is -2.24. The van der Waals surface area contributed by atoms with Gasteiger partial charge in [-0.05, 0) is 86.9 Å². The Morgan fingerprint density at radius 2 is 1.17 bits per heavy atom. The van der Waals surface area contributed by atoms with Gasteiger partial charge < -0.3 is 19.7 Å². The molecule has 0 aliphatic carbocycles. The molecule has 8 nitrogen and oxygen atoms in total. The monoisotopic (exact) mass is 888 g/mol. The minimum absolute atomic E-state index is 0.0522. The normalized spacial score (nSPS) is 11.0. The second-order valence-corrected chi connectivity index (χ2v) is 27.0. The Hall–Kier alpha value is -3.05. The summed E-state index contributed by atoms with van der Waals surface area (Å²) in [4.78, 5) is 20.2. The Balaban J connectivity index is 0.000000270. The number of Topliss-reactive ketones (excluding diaryl/α,β-unsaturated/α-hetero) is 1. The number of ether oxygens (including phenoxy) is 3. The molecule has 286 valence electrons. The van der Waals surface area contributed by atoms with Crippen molar-refractivity contribution in [3.63, 3.8) is 0 Å². The van der Waals surface area contributed by atoms with Gasteiger partial charge in [0.2, 0.25) is 0 Å². The number of halogens is 1. The Bertz CT molecular complexity index is 1740. The second kappa shape index (κ2) is 22.9. The zero-order valence-corrected chi connectivity index (χ0v) is 37.4. The van der Waals surface area contributed by atoms with Crippen LogP contribution >= 0.6 is 15.9 Å². The molecule has 0 amide bonds. The number of benzene rings is 2. The van der Waals surface area contributed by atoms with E-state index in [1.165, 1.54) is 62.5 Å². The van der Waals surface area contributed by atoms with Crippen LogP contribution in [0.3, 0.4) is 0 Å². The number of hydrogen-bond donors (Lipinski definition) is 2. The number of aromatic hydroxyl groups is 2. The number of fused-ring (bicyclic) bond motifs is 2. The summed E-state index contributed by atoms with van der Waals surface area (Å²) in [5.74, 6) is 1.39. The van der Waals surface area contributed by atoms with Crippen LogP contribution in [0.4, 0.5) is 0 Å². The summed E-state index contributed by atoms with van der Waals surface area (Å²) in [5.41, 5.74) is 2.89. The van der Waals surface area contributed by atoms with Gasteiger partial charge in [-0.3, -0.25) is 4.79 Å². The number of ketones is 1. The van der Waals surface area contributed by atoms with Gasteiger partial charge in [0, 0.05) is 10.8 Å². The third-order valence-electron chi connectivity index (χ3n) is 9.06. The van der Waals surface area contributed by atoms with E-state index in [0.717, 1.165) is 23.3 Å². The second-order valence-electron chi connectivity index (χ2n) is 13.0. The molecule has 0 saturated heterocycles. The Labute approximate surface area is 324 Å². The first-order chi connectivity index (χ1) is 24.8. The number of aromatic nitrogens is 2. The van der Waals surface area contributed by atoms with Crippen molar-refractivity contribution in [2.24, 2.45) is 0 Å². The molecular formula is C42H61BrN2O6Sn. The zero-order chi connectivity index (χ0) is 38.8. The van der Waals surface area contributed by atoms with Crippen molar-refractivity contribution >= 4 is 61.9 Å². The van der Waals surface area contributed by atoms with Crippen LogP contribution in [0.25, 0.3) is 21.8 Å². The average Bonchev–Trinajstić information content (AvgIpc) is 3.12. The standard InChI is InChI=1S/C14H15NO3.C12H12BrNO2.C4H7O.3C4H9.Sn/c1-4-18-10-5-6-12-11(7-10)13(9(3)16)14(17)8(2)15-12;1-3-16-8-4-5-10-9(6-8)11(13)12(15)7(2)14-10;1-3-5-4-2;3*1-3-4-2;/h5-7,17H,4H2,1-3H3;4-6,15H,3H2,1-2H3;1,4H2,2H3;3*1,3-4H2,2H3;. The summed E-state index contributed by atoms with van der Waals surface area (Å²) in [6.07, 6.45) is 8.10. The first-order valence-corrected chi connectivity index (χ1v) is 27.1. The Morgan fingerprint density at radius 3 is 1.60 bits per heavy atom. The Kier molecular flexibility index (Phi) is 19.9. The summed E-state index contributed by atoms with van der Waals surface area (Å²) >= 11 is 1.13. The van der Waals surface area contributed by atoms with Gasteiger partial charge in [-0.25, -0.2) is 9.97 Å². The van der Waals surface area contributed by atoms with Gasteiger partial charge in [-0.1, -0.05) is 0 Å². The van der Waals surface area contributed by atoms with E-state index in [0.29, 0.717) is 51.3 Å². The number of aryl methyl sites for hydroxylation is 2. The molecule has 0 fully saturated rings. The van der Waals surface area contributed by atoms with Gasteiger partial charge in [0.25, 0.3) is 0 Å². The molecule has 52 heavy (non-hydrogen) atoms. The van der Waals surface area contributed by atoms with Crippen LogP contribution in [0.2, 0.25) is 13.3 Å². The van der Waals surface area contributed by atoms with Crippen molar-refractivity contribution in [1.29, 1.82) is 0 Å². The third kappa shape index (κ3) is 12.5. The van der Waals surface area contributed by atoms with E-state index in [2.05, 4.69) is 60.2 Å². The Morgan fingerprint density at radius 1 is 0.731 bits per heavy atom. The van der Waals surface area contributed by atoms with Crippen molar-refractivity contribution in [1.82, 2.24) is 9.97 Å². The van der Waals surface area contributed by atoms with E-state index in [1.54, 1.807) is 32.0 Å². The topological polar surface area (TPSA) is 111 Å². The van der Waals surface area contributed by atoms with Crippen molar-refractivity contribution in [3.05, 3.63) is 68.2 Å². The summed E-state index contributed by atoms with van der Waals surface area (Å²) < 4.78 is 23.0. The van der Waals surface area contributed by atoms with E-state index in [-0.39, 0.29) is 17.3 Å². The molecule has 2 aromatic heterocycles. The fraction of sp³-hybridized carbons (Fsp3) is 0.500. The number of unbranched alkanes of at least 4 members (excludes halogenated alkanes) is 3. The van der Waals surface area contributed by atoms with Gasteiger partial charge in [-0.15, -0.1) is 0 Å². The van der Waals surface area contributed by atoms with Crippen LogP contribution < -0.4 is 9.47 Å². The van der Waals surface area contributed by atoms with Crippen molar-refractivity contribution in [2.75, 3.05) is 19.8 Å². The van der Waals surface area contributed by atoms with Crippen molar-refractivity contribution in [3.8, 4) is 23.0 Å². The van der Waals surface area contributed by atoms with E-state index in [4.69, 9.17) is 14.2 Å². The average molecular weight is 889 g/mol. The van der Waals surface area contributed by atoms with Crippen molar-refractivity contribution in [2.45, 2.75) is 114 Å². The molecule has 0 atom stereocenters. The zero-order valence-electron chi connectivity index (χ0n) is 33.0. The fourth-order valence-electron chi connectivity index (χ4n) is 6.20. The quantitative estimate of drug-likeness (QED) is 0.0613. The first kappa shape index (κ1) is 45.1. The number of carbonyl (C=O) groups excluding carboxylic acids is 1. The fourth-order valence-corrected chi connectivity index (χ4v) is 21.4. The van der Waals surface area contributed by atoms with Crippen LogP contribution in [0, 0.1) is 13.8 Å². The SMILES string of the molecule is C=[C](OCC)[Sn]([CH2]CCC)([CH2]CCC)[CH2]CCC.CCOc1ccc2nc(C)c(O)c(Br)c2c1.CCOc1ccc2nc(C)c(O)c(C(C)=O)c2c1. The number of nitrogens with zero attached hydrogens (tertiary/aromatic N) is 2. The van der Waals surface area contributed by atoms with E-state index < -0.39 is 18.4 Å². The molecule has 2 aromatic carbocycles. The van der Waals surface area contributed by atoms with Gasteiger partial charge >= 0.3 is 120 Å². The molecular weight excluding hydrogens is 827 g/mol. The maximum atomic E-state index is 11.7. The predicted molar refractivity (Wildman–Crippen MR) is 222 cm³/mol. The maximum absolute atomic E-state index is 11.7. The molecule has 0 aliphatic rings. The summed E-state index contributed by atoms with van der Waals surface area (Å²) in [6.45, 7) is 24.0. The number of hydrogen-bond acceptors (Lipinski definition) is 8. The van der Waals surface area contributed by atoms with Crippen LogP contribution in [0.15, 0.2) is 51.2 Å². The molecule has 0 aliphatic heterocycles. The summed E-state index contributed by atoms with van der Waals surface area (Å²) in [6, 6.07) is 11.0. The minimum Gasteiger partial charge on any atom is -0.505 e. The van der Waals surface area contributed by atoms with E-state index in [1.807, 2.05) is 32.0 Å². The van der Waals surface area contributed by atoms with Crippen LogP contribution in [-0.4, -0.2) is 64.2 Å². The number of rotatable bonds is 17. The largest absolute Gasteiger partial charge is 0.505 e. The molecule has 4 rings (SSSR count). The molecule has 4 aromatic rings. The summed E-state index contributed by atoms with van der Waals surface area (Å²) in [5, 5.41) is 21.2. The molecule has 0 spiro atoms. The molecule has 0 radical (unpaired) electrons. The smallest absolute Gasteiger partial charge is 0.164 e. The number of pyridine rings is 2. The number of carbonyl (C=O) groups is 1. The third-order valence-corrected chi connectivity index (χ3v) is 24.9. The van der Waals surface area contributed by atoms with E-state index in [9.17, 15) is 15.0 Å². The predicted octanol–water partition coefficient (Wildman–Crippen LogP) is 12.2. The molecule has 0 unspecified atom stereocenters. The van der Waals surface area contributed by atoms with Gasteiger partial charge in [0.15, 0.2) is 11.5 Å².